The first-order valence-corrected chi connectivity index (χ1v) is 6.80. The Kier molecular flexibility index (Phi) is 5.22. The van der Waals surface area contributed by atoms with E-state index in [-0.39, 0.29) is 12.2 Å². The molecule has 1 heterocycles. The number of hydrogen-bond acceptors (Lipinski definition) is 4. The van der Waals surface area contributed by atoms with Gasteiger partial charge in [0.1, 0.15) is 0 Å². The van der Waals surface area contributed by atoms with Crippen molar-refractivity contribution in [3.63, 3.8) is 0 Å². The molecule has 0 aromatic carbocycles. The number of ether oxygens (including phenoxy) is 3. The van der Waals surface area contributed by atoms with E-state index in [4.69, 9.17) is 14.2 Å². The minimum Gasteiger partial charge on any atom is -0.381 e. The molecule has 1 aliphatic carbocycles. The lowest BCUT2D eigenvalue weighted by Gasteiger charge is -2.44. The van der Waals surface area contributed by atoms with Crippen LogP contribution in [0.1, 0.15) is 26.2 Å². The topological polar surface area (TPSA) is 39.7 Å². The van der Waals surface area contributed by atoms with E-state index in [1.807, 2.05) is 0 Å². The lowest BCUT2D eigenvalue weighted by Crippen LogP contribution is -2.60. The highest BCUT2D eigenvalue weighted by Crippen LogP contribution is 2.28. The minimum atomic E-state index is 0.226. The fourth-order valence-electron chi connectivity index (χ4n) is 2.56. The van der Waals surface area contributed by atoms with Gasteiger partial charge in [0.15, 0.2) is 0 Å². The third-order valence-corrected chi connectivity index (χ3v) is 3.75. The molecule has 2 rings (SSSR count). The summed E-state index contributed by atoms with van der Waals surface area (Å²) < 4.78 is 16.8. The van der Waals surface area contributed by atoms with Gasteiger partial charge in [-0.3, -0.25) is 0 Å². The van der Waals surface area contributed by atoms with Crippen molar-refractivity contribution in [2.75, 3.05) is 33.5 Å². The van der Waals surface area contributed by atoms with Crippen molar-refractivity contribution in [3.8, 4) is 0 Å². The summed E-state index contributed by atoms with van der Waals surface area (Å²) in [5.41, 5.74) is 0. The van der Waals surface area contributed by atoms with E-state index in [9.17, 15) is 0 Å². The lowest BCUT2D eigenvalue weighted by atomic mass is 9.85. The zero-order valence-corrected chi connectivity index (χ0v) is 11.0. The first-order chi connectivity index (χ1) is 8.35. The first-order valence-electron chi connectivity index (χ1n) is 6.80. The summed E-state index contributed by atoms with van der Waals surface area (Å²) in [6, 6.07) is 0.477. The Bertz CT molecular complexity index is 219. The van der Waals surface area contributed by atoms with Gasteiger partial charge in [0.25, 0.3) is 0 Å². The Morgan fingerprint density at radius 2 is 2.29 bits per heavy atom. The predicted molar refractivity (Wildman–Crippen MR) is 66.2 cm³/mol. The summed E-state index contributed by atoms with van der Waals surface area (Å²) in [5.74, 6) is 0.593. The van der Waals surface area contributed by atoms with Gasteiger partial charge in [0.05, 0.1) is 25.4 Å². The zero-order chi connectivity index (χ0) is 12.1. The van der Waals surface area contributed by atoms with Crippen LogP contribution in [0.25, 0.3) is 0 Å². The van der Waals surface area contributed by atoms with Crippen LogP contribution >= 0.6 is 0 Å². The highest BCUT2D eigenvalue weighted by molar-refractivity contribution is 4.97. The molecule has 0 radical (unpaired) electrons. The van der Waals surface area contributed by atoms with Crippen molar-refractivity contribution < 1.29 is 14.2 Å². The van der Waals surface area contributed by atoms with Crippen LogP contribution in [0.15, 0.2) is 0 Å². The lowest BCUT2D eigenvalue weighted by molar-refractivity contribution is -0.139. The van der Waals surface area contributed by atoms with Gasteiger partial charge in [-0.2, -0.15) is 0 Å². The van der Waals surface area contributed by atoms with Gasteiger partial charge in [0, 0.05) is 25.7 Å². The van der Waals surface area contributed by atoms with Crippen LogP contribution in [0.2, 0.25) is 0 Å². The molecular weight excluding hydrogens is 218 g/mol. The molecule has 1 saturated heterocycles. The largest absolute Gasteiger partial charge is 0.381 e. The zero-order valence-electron chi connectivity index (χ0n) is 11.0. The summed E-state index contributed by atoms with van der Waals surface area (Å²) in [7, 11) is 1.78. The summed E-state index contributed by atoms with van der Waals surface area (Å²) in [4.78, 5) is 0. The molecule has 4 heteroatoms. The molecule has 4 atom stereocenters. The van der Waals surface area contributed by atoms with Gasteiger partial charge in [-0.25, -0.2) is 0 Å². The van der Waals surface area contributed by atoms with Crippen molar-refractivity contribution in [3.05, 3.63) is 0 Å². The van der Waals surface area contributed by atoms with E-state index in [0.29, 0.717) is 12.0 Å². The SMILES string of the molecule is CCCNC1CC(OCC2CCOC2)C1OC. The van der Waals surface area contributed by atoms with E-state index < -0.39 is 0 Å². The average Bonchev–Trinajstić information content (AvgIpc) is 2.80. The second-order valence-corrected chi connectivity index (χ2v) is 5.10. The average molecular weight is 243 g/mol. The fraction of sp³-hybridized carbons (Fsp3) is 1.00. The molecule has 2 aliphatic rings. The summed E-state index contributed by atoms with van der Waals surface area (Å²) in [6.45, 7) is 5.83. The van der Waals surface area contributed by atoms with Crippen LogP contribution in [0.5, 0.6) is 0 Å². The van der Waals surface area contributed by atoms with Gasteiger partial charge in [0.2, 0.25) is 0 Å². The molecule has 1 saturated carbocycles. The fourth-order valence-corrected chi connectivity index (χ4v) is 2.56. The summed E-state index contributed by atoms with van der Waals surface area (Å²) in [5, 5.41) is 3.50. The van der Waals surface area contributed by atoms with Crippen molar-refractivity contribution in [2.24, 2.45) is 5.92 Å². The van der Waals surface area contributed by atoms with Crippen LogP contribution in [0.4, 0.5) is 0 Å². The molecule has 17 heavy (non-hydrogen) atoms. The van der Waals surface area contributed by atoms with Crippen molar-refractivity contribution in [1.29, 1.82) is 0 Å². The van der Waals surface area contributed by atoms with E-state index >= 15 is 0 Å². The maximum Gasteiger partial charge on any atom is 0.0986 e. The maximum absolute atomic E-state index is 5.93. The van der Waals surface area contributed by atoms with E-state index in [2.05, 4.69) is 12.2 Å². The van der Waals surface area contributed by atoms with Gasteiger partial charge in [-0.15, -0.1) is 0 Å². The number of methoxy groups -OCH3 is 1. The Hall–Kier alpha value is -0.160. The molecular formula is C13H25NO3. The molecule has 0 amide bonds. The number of rotatable bonds is 7. The molecule has 0 spiro atoms. The molecule has 1 N–H and O–H groups in total. The number of hydrogen-bond donors (Lipinski definition) is 1. The Morgan fingerprint density at radius 3 is 2.94 bits per heavy atom. The van der Waals surface area contributed by atoms with E-state index in [1.165, 1.54) is 0 Å². The second-order valence-electron chi connectivity index (χ2n) is 5.10. The monoisotopic (exact) mass is 243 g/mol. The van der Waals surface area contributed by atoms with Gasteiger partial charge >= 0.3 is 0 Å². The van der Waals surface area contributed by atoms with Crippen LogP contribution in [-0.4, -0.2) is 51.7 Å². The maximum atomic E-state index is 5.93. The standard InChI is InChI=1S/C13H25NO3/c1-3-5-14-11-7-12(13(11)15-2)17-9-10-4-6-16-8-10/h10-14H,3-9H2,1-2H3. The van der Waals surface area contributed by atoms with Crippen LogP contribution in [0.3, 0.4) is 0 Å². The Balaban J connectivity index is 1.64. The quantitative estimate of drug-likeness (QED) is 0.729. The molecule has 4 unspecified atom stereocenters. The first kappa shape index (κ1) is 13.3. The minimum absolute atomic E-state index is 0.226. The summed E-state index contributed by atoms with van der Waals surface area (Å²) >= 11 is 0. The van der Waals surface area contributed by atoms with Crippen molar-refractivity contribution in [1.82, 2.24) is 5.32 Å². The number of nitrogens with one attached hydrogen (secondary N) is 1. The molecule has 0 bridgehead atoms. The van der Waals surface area contributed by atoms with Crippen molar-refractivity contribution >= 4 is 0 Å². The van der Waals surface area contributed by atoms with E-state index in [1.54, 1.807) is 7.11 Å². The highest BCUT2D eigenvalue weighted by atomic mass is 16.5. The normalized spacial score (nSPS) is 37.1. The van der Waals surface area contributed by atoms with E-state index in [0.717, 1.165) is 45.6 Å². The third-order valence-electron chi connectivity index (χ3n) is 3.75. The highest BCUT2D eigenvalue weighted by Gasteiger charge is 2.42. The van der Waals surface area contributed by atoms with Crippen LogP contribution in [0, 0.1) is 5.92 Å². The predicted octanol–water partition coefficient (Wildman–Crippen LogP) is 1.19. The Morgan fingerprint density at radius 1 is 1.41 bits per heavy atom. The van der Waals surface area contributed by atoms with Crippen LogP contribution < -0.4 is 5.32 Å². The third kappa shape index (κ3) is 3.41. The molecule has 4 nitrogen and oxygen atoms in total. The smallest absolute Gasteiger partial charge is 0.0986 e. The van der Waals surface area contributed by atoms with Gasteiger partial charge < -0.3 is 19.5 Å². The molecule has 0 aromatic rings. The second kappa shape index (κ2) is 6.69. The molecule has 1 aliphatic heterocycles. The summed E-state index contributed by atoms with van der Waals surface area (Å²) in [6.07, 6.45) is 3.88. The van der Waals surface area contributed by atoms with Gasteiger partial charge in [-0.05, 0) is 25.8 Å². The Labute approximate surface area is 104 Å². The molecule has 2 fully saturated rings. The van der Waals surface area contributed by atoms with Crippen molar-refractivity contribution in [2.45, 2.75) is 44.4 Å². The van der Waals surface area contributed by atoms with Crippen LogP contribution in [-0.2, 0) is 14.2 Å². The molecule has 0 aromatic heterocycles. The van der Waals surface area contributed by atoms with Gasteiger partial charge in [-0.1, -0.05) is 6.92 Å². The molecule has 100 valence electrons.